The summed E-state index contributed by atoms with van der Waals surface area (Å²) in [6.45, 7) is 1.35. The molecule has 0 fully saturated rings. The molecule has 0 spiro atoms. The standard InChI is InChI=1S/C13H13N3O.ClH/c1-2-6-12-10(4-1)8-14-13(16-12)15-9-11-5-3-7-17-11;/h1-7H,8-9H2,(H2,14,15,16);1H. The molecule has 0 aliphatic carbocycles. The summed E-state index contributed by atoms with van der Waals surface area (Å²) in [5.41, 5.74) is 2.33. The highest BCUT2D eigenvalue weighted by Crippen LogP contribution is 2.19. The molecule has 4 nitrogen and oxygen atoms in total. The molecule has 3 rings (SSSR count). The van der Waals surface area contributed by atoms with E-state index in [9.17, 15) is 0 Å². The third-order valence-corrected chi connectivity index (χ3v) is 2.69. The summed E-state index contributed by atoms with van der Waals surface area (Å²) in [5.74, 6) is 1.69. The molecule has 1 aromatic carbocycles. The van der Waals surface area contributed by atoms with Crippen LogP contribution >= 0.6 is 12.4 Å². The minimum absolute atomic E-state index is 0. The van der Waals surface area contributed by atoms with Gasteiger partial charge in [0.15, 0.2) is 5.96 Å². The molecule has 0 atom stereocenters. The first-order valence-electron chi connectivity index (χ1n) is 5.57. The second-order valence-corrected chi connectivity index (χ2v) is 3.88. The molecule has 0 saturated carbocycles. The lowest BCUT2D eigenvalue weighted by molar-refractivity contribution is 0.503. The molecular formula is C13H14ClN3O. The summed E-state index contributed by atoms with van der Waals surface area (Å²) in [6.07, 6.45) is 1.67. The summed E-state index contributed by atoms with van der Waals surface area (Å²) in [4.78, 5) is 4.42. The molecule has 0 radical (unpaired) electrons. The molecule has 2 aromatic rings. The van der Waals surface area contributed by atoms with Crippen LogP contribution < -0.4 is 10.6 Å². The van der Waals surface area contributed by atoms with Gasteiger partial charge in [0.25, 0.3) is 0 Å². The van der Waals surface area contributed by atoms with Crippen LogP contribution in [0.5, 0.6) is 0 Å². The number of hydrogen-bond donors (Lipinski definition) is 2. The number of nitrogens with one attached hydrogen (secondary N) is 2. The lowest BCUT2D eigenvalue weighted by Gasteiger charge is -2.18. The monoisotopic (exact) mass is 263 g/mol. The number of rotatable bonds is 2. The molecule has 1 aliphatic rings. The Morgan fingerprint density at radius 3 is 2.94 bits per heavy atom. The van der Waals surface area contributed by atoms with Crippen LogP contribution in [0.25, 0.3) is 0 Å². The second-order valence-electron chi connectivity index (χ2n) is 3.88. The fourth-order valence-electron chi connectivity index (χ4n) is 1.80. The largest absolute Gasteiger partial charge is 0.467 e. The predicted molar refractivity (Wildman–Crippen MR) is 74.0 cm³/mol. The van der Waals surface area contributed by atoms with Crippen molar-refractivity contribution < 1.29 is 4.42 Å². The first-order chi connectivity index (χ1) is 8.42. The van der Waals surface area contributed by atoms with Gasteiger partial charge in [0, 0.05) is 5.69 Å². The molecule has 0 unspecified atom stereocenters. The molecular weight excluding hydrogens is 250 g/mol. The van der Waals surface area contributed by atoms with Crippen LogP contribution in [0.3, 0.4) is 0 Å². The molecule has 1 aromatic heterocycles. The van der Waals surface area contributed by atoms with Crippen LogP contribution in [0.4, 0.5) is 5.69 Å². The maximum Gasteiger partial charge on any atom is 0.196 e. The van der Waals surface area contributed by atoms with Crippen molar-refractivity contribution in [2.24, 2.45) is 4.99 Å². The normalized spacial score (nSPS) is 12.8. The van der Waals surface area contributed by atoms with Gasteiger partial charge in [-0.2, -0.15) is 0 Å². The Morgan fingerprint density at radius 2 is 2.11 bits per heavy atom. The van der Waals surface area contributed by atoms with Gasteiger partial charge in [0.2, 0.25) is 0 Å². The van der Waals surface area contributed by atoms with Crippen molar-refractivity contribution in [1.29, 1.82) is 0 Å². The lowest BCUT2D eigenvalue weighted by atomic mass is 10.1. The Kier molecular flexibility index (Phi) is 3.89. The van der Waals surface area contributed by atoms with Crippen molar-refractivity contribution in [2.45, 2.75) is 13.1 Å². The van der Waals surface area contributed by atoms with Gasteiger partial charge < -0.3 is 15.1 Å². The van der Waals surface area contributed by atoms with E-state index >= 15 is 0 Å². The van der Waals surface area contributed by atoms with Crippen LogP contribution in [-0.4, -0.2) is 5.96 Å². The Labute approximate surface area is 112 Å². The number of nitrogens with zero attached hydrogens (tertiary/aromatic N) is 1. The molecule has 0 saturated heterocycles. The van der Waals surface area contributed by atoms with Gasteiger partial charge in [-0.15, -0.1) is 12.4 Å². The van der Waals surface area contributed by atoms with Crippen LogP contribution in [0.1, 0.15) is 11.3 Å². The van der Waals surface area contributed by atoms with E-state index in [1.54, 1.807) is 6.26 Å². The van der Waals surface area contributed by atoms with E-state index in [0.29, 0.717) is 13.1 Å². The third kappa shape index (κ3) is 2.65. The number of guanidine groups is 1. The first kappa shape index (κ1) is 12.5. The summed E-state index contributed by atoms with van der Waals surface area (Å²) in [7, 11) is 0. The van der Waals surface area contributed by atoms with Crippen molar-refractivity contribution >= 4 is 24.1 Å². The molecule has 1 aliphatic heterocycles. The van der Waals surface area contributed by atoms with Gasteiger partial charge in [-0.25, -0.2) is 4.99 Å². The van der Waals surface area contributed by atoms with Crippen molar-refractivity contribution in [1.82, 2.24) is 5.32 Å². The van der Waals surface area contributed by atoms with Crippen molar-refractivity contribution in [2.75, 3.05) is 5.32 Å². The Morgan fingerprint density at radius 1 is 1.22 bits per heavy atom. The zero-order valence-corrected chi connectivity index (χ0v) is 10.5. The van der Waals surface area contributed by atoms with Crippen LogP contribution in [0, 0.1) is 0 Å². The number of para-hydroxylation sites is 1. The molecule has 94 valence electrons. The summed E-state index contributed by atoms with van der Waals surface area (Å²) in [6, 6.07) is 12.0. The van der Waals surface area contributed by atoms with E-state index in [1.165, 1.54) is 5.56 Å². The maximum atomic E-state index is 5.25. The zero-order valence-electron chi connectivity index (χ0n) is 9.72. The van der Waals surface area contributed by atoms with Gasteiger partial charge in [-0.05, 0) is 23.8 Å². The summed E-state index contributed by atoms with van der Waals surface area (Å²) in [5, 5.41) is 6.47. The van der Waals surface area contributed by atoms with Crippen molar-refractivity contribution in [3.63, 3.8) is 0 Å². The quantitative estimate of drug-likeness (QED) is 0.876. The van der Waals surface area contributed by atoms with E-state index in [1.807, 2.05) is 24.3 Å². The maximum absolute atomic E-state index is 5.25. The van der Waals surface area contributed by atoms with Gasteiger partial charge in [0.1, 0.15) is 5.76 Å². The van der Waals surface area contributed by atoms with Gasteiger partial charge in [0.05, 0.1) is 19.4 Å². The first-order valence-corrected chi connectivity index (χ1v) is 5.57. The Bertz CT molecular complexity index is 537. The fourth-order valence-corrected chi connectivity index (χ4v) is 1.80. The molecule has 0 bridgehead atoms. The highest BCUT2D eigenvalue weighted by molar-refractivity contribution is 5.95. The Balaban J connectivity index is 0.00000120. The van der Waals surface area contributed by atoms with Gasteiger partial charge in [-0.3, -0.25) is 0 Å². The smallest absolute Gasteiger partial charge is 0.196 e. The Hall–Kier alpha value is -1.94. The summed E-state index contributed by atoms with van der Waals surface area (Å²) < 4.78 is 5.25. The second kappa shape index (κ2) is 5.60. The summed E-state index contributed by atoms with van der Waals surface area (Å²) >= 11 is 0. The number of aliphatic imine (C=N–C) groups is 1. The van der Waals surface area contributed by atoms with E-state index in [4.69, 9.17) is 4.42 Å². The number of hydrogen-bond acceptors (Lipinski definition) is 4. The van der Waals surface area contributed by atoms with Gasteiger partial charge in [-0.1, -0.05) is 18.2 Å². The molecule has 0 amide bonds. The van der Waals surface area contributed by atoms with E-state index in [0.717, 1.165) is 17.4 Å². The number of anilines is 1. The minimum Gasteiger partial charge on any atom is -0.467 e. The fraction of sp³-hybridized carbons (Fsp3) is 0.154. The van der Waals surface area contributed by atoms with Crippen LogP contribution in [-0.2, 0) is 13.1 Å². The van der Waals surface area contributed by atoms with E-state index in [2.05, 4.69) is 27.8 Å². The number of fused-ring (bicyclic) bond motifs is 1. The third-order valence-electron chi connectivity index (χ3n) is 2.69. The number of halogens is 1. The highest BCUT2D eigenvalue weighted by Gasteiger charge is 2.10. The molecule has 2 heterocycles. The molecule has 5 heteroatoms. The van der Waals surface area contributed by atoms with Crippen molar-refractivity contribution in [3.8, 4) is 0 Å². The van der Waals surface area contributed by atoms with Gasteiger partial charge >= 0.3 is 0 Å². The topological polar surface area (TPSA) is 49.6 Å². The predicted octanol–water partition coefficient (Wildman–Crippen LogP) is 2.77. The molecule has 2 N–H and O–H groups in total. The minimum atomic E-state index is 0. The van der Waals surface area contributed by atoms with Crippen molar-refractivity contribution in [3.05, 3.63) is 54.0 Å². The van der Waals surface area contributed by atoms with Crippen LogP contribution in [0.2, 0.25) is 0 Å². The SMILES string of the molecule is Cl.c1coc(CNC2=NCc3ccccc3N2)c1. The lowest BCUT2D eigenvalue weighted by Crippen LogP contribution is -2.32. The number of benzene rings is 1. The average molecular weight is 264 g/mol. The van der Waals surface area contributed by atoms with E-state index in [-0.39, 0.29) is 12.4 Å². The average Bonchev–Trinajstić information content (AvgIpc) is 2.89. The highest BCUT2D eigenvalue weighted by atomic mass is 35.5. The molecule has 18 heavy (non-hydrogen) atoms. The van der Waals surface area contributed by atoms with Crippen LogP contribution in [0.15, 0.2) is 52.1 Å². The number of furan rings is 1. The zero-order chi connectivity index (χ0) is 11.5. The van der Waals surface area contributed by atoms with E-state index < -0.39 is 0 Å².